The van der Waals surface area contributed by atoms with E-state index in [9.17, 15) is 19.5 Å². The molecule has 2 aliphatic carbocycles. The monoisotopic (exact) mass is 708 g/mol. The lowest BCUT2D eigenvalue weighted by Crippen LogP contribution is -2.58. The Morgan fingerprint density at radius 3 is 2.44 bits per heavy atom. The third-order valence-corrected chi connectivity index (χ3v) is 12.1. The van der Waals surface area contributed by atoms with Crippen LogP contribution < -0.4 is 5.73 Å². The van der Waals surface area contributed by atoms with Gasteiger partial charge in [0.05, 0.1) is 34.4 Å². The first-order valence-electron chi connectivity index (χ1n) is 19.2. The minimum absolute atomic E-state index is 0.0341. The molecule has 11 nitrogen and oxygen atoms in total. The zero-order valence-electron chi connectivity index (χ0n) is 30.9. The van der Waals surface area contributed by atoms with Crippen molar-refractivity contribution in [2.24, 2.45) is 23.0 Å². The molecule has 1 aromatic carbocycles. The molecular weight excluding hydrogens is 656 g/mol. The Bertz CT molecular complexity index is 2020. The fourth-order valence-electron chi connectivity index (χ4n) is 9.26. The fourth-order valence-corrected chi connectivity index (χ4v) is 9.26. The lowest BCUT2D eigenvalue weighted by atomic mass is 9.78. The van der Waals surface area contributed by atoms with Gasteiger partial charge in [-0.25, -0.2) is 9.31 Å². The summed E-state index contributed by atoms with van der Waals surface area (Å²) in [6.07, 6.45) is 7.09. The maximum atomic E-state index is 14.2. The number of hydrogen-bond donors (Lipinski definition) is 2. The Kier molecular flexibility index (Phi) is 8.83. The molecule has 3 amide bonds. The van der Waals surface area contributed by atoms with Crippen molar-refractivity contribution in [1.29, 1.82) is 0 Å². The molecule has 4 fully saturated rings. The minimum atomic E-state index is -0.817. The lowest BCUT2D eigenvalue weighted by molar-refractivity contribution is -0.141. The van der Waals surface area contributed by atoms with Crippen molar-refractivity contribution in [2.75, 3.05) is 19.6 Å². The van der Waals surface area contributed by atoms with Crippen LogP contribution in [-0.2, 0) is 16.1 Å². The molecule has 4 aromatic rings. The fraction of sp³-hybridized carbons (Fsp3) is 0.561. The second-order valence-electron chi connectivity index (χ2n) is 17.0. The zero-order valence-corrected chi connectivity index (χ0v) is 30.9. The molecule has 0 radical (unpaired) electrons. The summed E-state index contributed by atoms with van der Waals surface area (Å²) in [6.45, 7) is 11.2. The van der Waals surface area contributed by atoms with Crippen LogP contribution in [0.1, 0.15) is 99.5 Å². The summed E-state index contributed by atoms with van der Waals surface area (Å²) < 4.78 is 9.84. The number of rotatable bonds is 7. The van der Waals surface area contributed by atoms with Crippen LogP contribution >= 0.6 is 0 Å². The molecule has 3 aromatic heterocycles. The molecule has 0 bridgehead atoms. The van der Waals surface area contributed by atoms with Crippen molar-refractivity contribution in [3.63, 3.8) is 0 Å². The summed E-state index contributed by atoms with van der Waals surface area (Å²) in [5.41, 5.74) is 12.1. The molecule has 2 aliphatic heterocycles. The molecule has 2 atom stereocenters. The SMILES string of the molecule is Cc1c(-c2cc3cccc(C4CN(C(=O)C5CCC(O)CC5)C4)c3n2CC2CC2)nn2cc(C(=O)N3CCCC(OC(N)=O)[C@H]3C(C)(C)C)ccc12. The number of carbonyl (C=O) groups is 3. The van der Waals surface area contributed by atoms with Gasteiger partial charge in [-0.2, -0.15) is 5.10 Å². The number of ether oxygens (including phenoxy) is 1. The van der Waals surface area contributed by atoms with Crippen LogP contribution in [0, 0.1) is 24.2 Å². The molecule has 52 heavy (non-hydrogen) atoms. The largest absolute Gasteiger partial charge is 0.444 e. The number of nitrogens with two attached hydrogens (primary N) is 1. The summed E-state index contributed by atoms with van der Waals surface area (Å²) in [7, 11) is 0. The maximum absolute atomic E-state index is 14.2. The van der Waals surface area contributed by atoms with Gasteiger partial charge in [-0.05, 0) is 93.4 Å². The number of nitrogens with zero attached hydrogens (tertiary/aromatic N) is 5. The van der Waals surface area contributed by atoms with E-state index < -0.39 is 12.2 Å². The number of primary amides is 1. The highest BCUT2D eigenvalue weighted by Crippen LogP contribution is 2.42. The lowest BCUT2D eigenvalue weighted by Gasteiger charge is -2.47. The van der Waals surface area contributed by atoms with Gasteiger partial charge in [0.15, 0.2) is 0 Å². The molecule has 276 valence electrons. The van der Waals surface area contributed by atoms with Crippen LogP contribution in [-0.4, -0.2) is 84.9 Å². The first-order valence-corrected chi connectivity index (χ1v) is 19.2. The van der Waals surface area contributed by atoms with E-state index in [2.05, 4.69) is 56.5 Å². The van der Waals surface area contributed by atoms with E-state index in [1.807, 2.05) is 32.6 Å². The van der Waals surface area contributed by atoms with Crippen molar-refractivity contribution in [3.05, 3.63) is 59.3 Å². The molecule has 4 aliphatic rings. The number of aromatic nitrogens is 3. The average Bonchev–Trinajstić information content (AvgIpc) is 3.75. The third-order valence-electron chi connectivity index (χ3n) is 12.1. The topological polar surface area (TPSA) is 135 Å². The third kappa shape index (κ3) is 6.35. The van der Waals surface area contributed by atoms with E-state index in [0.29, 0.717) is 24.4 Å². The Morgan fingerprint density at radius 2 is 1.75 bits per heavy atom. The van der Waals surface area contributed by atoms with E-state index in [1.54, 1.807) is 0 Å². The second-order valence-corrected chi connectivity index (χ2v) is 17.0. The number of likely N-dealkylation sites (tertiary alicyclic amines) is 2. The molecular formula is C41H52N6O5. The van der Waals surface area contributed by atoms with E-state index in [-0.39, 0.29) is 41.2 Å². The maximum Gasteiger partial charge on any atom is 0.404 e. The average molecular weight is 709 g/mol. The predicted octanol–water partition coefficient (Wildman–Crippen LogP) is 6.27. The first-order chi connectivity index (χ1) is 24.9. The van der Waals surface area contributed by atoms with Crippen LogP contribution in [0.4, 0.5) is 4.79 Å². The number of pyridine rings is 1. The Balaban J connectivity index is 1.10. The smallest absolute Gasteiger partial charge is 0.404 e. The van der Waals surface area contributed by atoms with Gasteiger partial charge in [0.2, 0.25) is 5.91 Å². The summed E-state index contributed by atoms with van der Waals surface area (Å²) in [6, 6.07) is 12.4. The number of aryl methyl sites for hydroxylation is 1. The number of benzene rings is 1. The highest BCUT2D eigenvalue weighted by Gasteiger charge is 2.44. The number of fused-ring (bicyclic) bond motifs is 2. The predicted molar refractivity (Wildman–Crippen MR) is 199 cm³/mol. The highest BCUT2D eigenvalue weighted by atomic mass is 16.6. The van der Waals surface area contributed by atoms with Gasteiger partial charge in [-0.1, -0.05) is 39.0 Å². The van der Waals surface area contributed by atoms with Gasteiger partial charge in [-0.3, -0.25) is 9.59 Å². The van der Waals surface area contributed by atoms with Crippen LogP contribution in [0.25, 0.3) is 27.8 Å². The Hall–Kier alpha value is -4.38. The molecule has 2 saturated heterocycles. The molecule has 0 spiro atoms. The van der Waals surface area contributed by atoms with Crippen molar-refractivity contribution < 1.29 is 24.2 Å². The summed E-state index contributed by atoms with van der Waals surface area (Å²) in [5, 5.41) is 16.3. The number of amides is 3. The van der Waals surface area contributed by atoms with Crippen molar-refractivity contribution in [2.45, 2.75) is 110 Å². The number of hydrogen-bond acceptors (Lipinski definition) is 6. The van der Waals surface area contributed by atoms with Gasteiger partial charge in [0.25, 0.3) is 5.91 Å². The van der Waals surface area contributed by atoms with Gasteiger partial charge >= 0.3 is 6.09 Å². The molecule has 2 saturated carbocycles. The first kappa shape index (κ1) is 34.7. The highest BCUT2D eigenvalue weighted by molar-refractivity contribution is 5.95. The Labute approximate surface area is 305 Å². The quantitative estimate of drug-likeness (QED) is 0.233. The standard InChI is InChI=1S/C41H52N6O5/c1-24-32-17-14-28(39(50)45-18-6-9-34(52-40(42)51)37(45)41(2,3)4)23-47(32)43-35(24)33-19-27-7-5-8-31(36(27)46(33)20-25-10-11-25)29-21-44(22-29)38(49)26-12-15-30(48)16-13-26/h5,7-8,14,17,19,23,25-26,29-30,34,37,48H,6,9-13,15-16,18,20-22H2,1-4H3,(H2,42,51)/t26?,30?,34?,37-/m0/s1. The molecule has 8 rings (SSSR count). The van der Waals surface area contributed by atoms with Gasteiger partial charge in [0, 0.05) is 55.2 Å². The molecule has 1 unspecified atom stereocenters. The van der Waals surface area contributed by atoms with Crippen molar-refractivity contribution in [1.82, 2.24) is 24.0 Å². The van der Waals surface area contributed by atoms with Crippen LogP contribution in [0.2, 0.25) is 0 Å². The van der Waals surface area contributed by atoms with E-state index in [4.69, 9.17) is 15.6 Å². The summed E-state index contributed by atoms with van der Waals surface area (Å²) in [4.78, 5) is 43.1. The normalized spacial score (nSPS) is 24.3. The molecule has 5 heterocycles. The van der Waals surface area contributed by atoms with Gasteiger partial charge < -0.3 is 29.9 Å². The number of aliphatic hydroxyl groups excluding tert-OH is 1. The van der Waals surface area contributed by atoms with Crippen LogP contribution in [0.3, 0.4) is 0 Å². The number of carbonyl (C=O) groups excluding carboxylic acids is 3. The summed E-state index contributed by atoms with van der Waals surface area (Å²) in [5.74, 6) is 1.07. The van der Waals surface area contributed by atoms with Crippen molar-refractivity contribution >= 4 is 34.3 Å². The van der Waals surface area contributed by atoms with Crippen molar-refractivity contribution in [3.8, 4) is 11.4 Å². The van der Waals surface area contributed by atoms with E-state index in [0.717, 1.165) is 74.2 Å². The summed E-state index contributed by atoms with van der Waals surface area (Å²) >= 11 is 0. The van der Waals surface area contributed by atoms with Crippen LogP contribution in [0.15, 0.2) is 42.6 Å². The number of piperidine rings is 1. The number of para-hydroxylation sites is 1. The Morgan fingerprint density at radius 1 is 1.00 bits per heavy atom. The van der Waals surface area contributed by atoms with Crippen LogP contribution in [0.5, 0.6) is 0 Å². The van der Waals surface area contributed by atoms with Gasteiger partial charge in [0.1, 0.15) is 11.8 Å². The number of aliphatic hydroxyl groups is 1. The second kappa shape index (κ2) is 13.2. The molecule has 3 N–H and O–H groups in total. The molecule has 11 heteroatoms. The zero-order chi connectivity index (χ0) is 36.5. The van der Waals surface area contributed by atoms with Gasteiger partial charge in [-0.15, -0.1) is 0 Å². The minimum Gasteiger partial charge on any atom is -0.444 e. The van der Waals surface area contributed by atoms with E-state index in [1.165, 1.54) is 29.3 Å². The van der Waals surface area contributed by atoms with E-state index >= 15 is 0 Å².